The van der Waals surface area contributed by atoms with Gasteiger partial charge in [-0.15, -0.1) is 5.10 Å². The molecule has 0 unspecified atom stereocenters. The molecule has 2 aromatic rings. The molecule has 0 spiro atoms. The van der Waals surface area contributed by atoms with Crippen LogP contribution in [0.4, 0.5) is 11.4 Å². The third-order valence-electron chi connectivity index (χ3n) is 2.75. The third kappa shape index (κ3) is 4.23. The Balaban J connectivity index is 1.95. The van der Waals surface area contributed by atoms with Crippen LogP contribution >= 0.6 is 15.9 Å². The van der Waals surface area contributed by atoms with Gasteiger partial charge in [-0.3, -0.25) is 14.8 Å². The van der Waals surface area contributed by atoms with Crippen molar-refractivity contribution in [3.05, 3.63) is 44.7 Å². The van der Waals surface area contributed by atoms with Crippen molar-refractivity contribution in [1.29, 1.82) is 0 Å². The maximum Gasteiger partial charge on any atom is 0.283 e. The highest BCUT2D eigenvalue weighted by molar-refractivity contribution is 9.10. The summed E-state index contributed by atoms with van der Waals surface area (Å²) in [5.41, 5.74) is 1.52. The molecular weight excluding hydrogens is 342 g/mol. The molecule has 0 amide bonds. The summed E-state index contributed by atoms with van der Waals surface area (Å²) in [5.74, 6) is 0. The van der Waals surface area contributed by atoms with Crippen LogP contribution in [0.25, 0.3) is 0 Å². The van der Waals surface area contributed by atoms with Crippen molar-refractivity contribution in [2.45, 2.75) is 19.5 Å². The van der Waals surface area contributed by atoms with Gasteiger partial charge in [0.15, 0.2) is 0 Å². The third-order valence-corrected chi connectivity index (χ3v) is 3.38. The molecule has 8 nitrogen and oxygen atoms in total. The van der Waals surface area contributed by atoms with Crippen molar-refractivity contribution in [3.8, 4) is 0 Å². The predicted octanol–water partition coefficient (Wildman–Crippen LogP) is 1.94. The lowest BCUT2D eigenvalue weighted by Crippen LogP contribution is -2.01. The second-order valence-electron chi connectivity index (χ2n) is 4.33. The number of hydrogen-bond donors (Lipinski definition) is 2. The molecule has 1 heterocycles. The summed E-state index contributed by atoms with van der Waals surface area (Å²) in [4.78, 5) is 10.3. The fourth-order valence-corrected chi connectivity index (χ4v) is 2.24. The lowest BCUT2D eigenvalue weighted by atomic mass is 10.3. The van der Waals surface area contributed by atoms with E-state index in [1.807, 2.05) is 0 Å². The molecule has 0 aliphatic rings. The van der Waals surface area contributed by atoms with Gasteiger partial charge in [0.05, 0.1) is 22.1 Å². The van der Waals surface area contributed by atoms with Crippen molar-refractivity contribution in [2.24, 2.45) is 0 Å². The number of aliphatic hydroxyl groups is 1. The van der Waals surface area contributed by atoms with Crippen molar-refractivity contribution in [1.82, 2.24) is 15.0 Å². The SMILES string of the molecule is O=[N+]([O-])c1ccc(NCc2cn(CCCO)nn2)cc1Br. The van der Waals surface area contributed by atoms with Crippen molar-refractivity contribution >= 4 is 27.3 Å². The van der Waals surface area contributed by atoms with E-state index in [2.05, 4.69) is 31.6 Å². The molecule has 0 saturated carbocycles. The number of aryl methyl sites for hydroxylation is 1. The van der Waals surface area contributed by atoms with Gasteiger partial charge < -0.3 is 10.4 Å². The number of hydrogen-bond acceptors (Lipinski definition) is 6. The lowest BCUT2D eigenvalue weighted by Gasteiger charge is -2.04. The molecule has 21 heavy (non-hydrogen) atoms. The maximum absolute atomic E-state index is 10.7. The van der Waals surface area contributed by atoms with Gasteiger partial charge >= 0.3 is 0 Å². The first-order chi connectivity index (χ1) is 10.1. The number of aromatic nitrogens is 3. The Labute approximate surface area is 129 Å². The van der Waals surface area contributed by atoms with Gasteiger partial charge in [-0.1, -0.05) is 5.21 Å². The van der Waals surface area contributed by atoms with E-state index in [9.17, 15) is 10.1 Å². The first-order valence-corrected chi connectivity index (χ1v) is 7.07. The zero-order chi connectivity index (χ0) is 15.2. The molecule has 112 valence electrons. The van der Waals surface area contributed by atoms with E-state index in [4.69, 9.17) is 5.11 Å². The van der Waals surface area contributed by atoms with Gasteiger partial charge in [0.1, 0.15) is 5.69 Å². The predicted molar refractivity (Wildman–Crippen MR) is 79.8 cm³/mol. The van der Waals surface area contributed by atoms with E-state index in [0.717, 1.165) is 11.4 Å². The van der Waals surface area contributed by atoms with Crippen LogP contribution in [-0.2, 0) is 13.1 Å². The fourth-order valence-electron chi connectivity index (χ4n) is 1.72. The van der Waals surface area contributed by atoms with Crippen LogP contribution < -0.4 is 5.32 Å². The molecule has 0 aliphatic heterocycles. The van der Waals surface area contributed by atoms with E-state index in [-0.39, 0.29) is 12.3 Å². The lowest BCUT2D eigenvalue weighted by molar-refractivity contribution is -0.385. The molecule has 1 aromatic carbocycles. The number of benzene rings is 1. The van der Waals surface area contributed by atoms with Gasteiger partial charge in [-0.25, -0.2) is 0 Å². The van der Waals surface area contributed by atoms with Crippen LogP contribution in [0.5, 0.6) is 0 Å². The molecular formula is C12H14BrN5O3. The number of rotatable bonds is 7. The summed E-state index contributed by atoms with van der Waals surface area (Å²) < 4.78 is 2.09. The van der Waals surface area contributed by atoms with E-state index < -0.39 is 4.92 Å². The van der Waals surface area contributed by atoms with Crippen molar-refractivity contribution in [2.75, 3.05) is 11.9 Å². The summed E-state index contributed by atoms with van der Waals surface area (Å²) in [7, 11) is 0. The van der Waals surface area contributed by atoms with E-state index in [1.165, 1.54) is 6.07 Å². The average molecular weight is 356 g/mol. The molecule has 0 bridgehead atoms. The highest BCUT2D eigenvalue weighted by Gasteiger charge is 2.11. The minimum Gasteiger partial charge on any atom is -0.396 e. The maximum atomic E-state index is 10.7. The minimum atomic E-state index is -0.444. The number of nitrogens with zero attached hydrogens (tertiary/aromatic N) is 4. The highest BCUT2D eigenvalue weighted by Crippen LogP contribution is 2.27. The van der Waals surface area contributed by atoms with E-state index in [0.29, 0.717) is 24.0 Å². The summed E-state index contributed by atoms with van der Waals surface area (Å²) in [6.07, 6.45) is 2.43. The smallest absolute Gasteiger partial charge is 0.283 e. The quantitative estimate of drug-likeness (QED) is 0.580. The Kier molecular flexibility index (Phi) is 5.23. The van der Waals surface area contributed by atoms with Gasteiger partial charge in [-0.2, -0.15) is 0 Å². The summed E-state index contributed by atoms with van der Waals surface area (Å²) in [6, 6.07) is 4.72. The van der Waals surface area contributed by atoms with Gasteiger partial charge in [0.25, 0.3) is 5.69 Å². The number of nitrogens with one attached hydrogen (secondary N) is 1. The Hall–Kier alpha value is -2.00. The molecule has 1 aromatic heterocycles. The Morgan fingerprint density at radius 2 is 2.29 bits per heavy atom. The molecule has 0 atom stereocenters. The Morgan fingerprint density at radius 1 is 1.48 bits per heavy atom. The zero-order valence-corrected chi connectivity index (χ0v) is 12.7. The normalized spacial score (nSPS) is 10.6. The average Bonchev–Trinajstić information content (AvgIpc) is 2.90. The molecule has 0 saturated heterocycles. The zero-order valence-electron chi connectivity index (χ0n) is 11.1. The van der Waals surface area contributed by atoms with Crippen LogP contribution in [-0.4, -0.2) is 31.6 Å². The van der Waals surface area contributed by atoms with Crippen LogP contribution in [0.15, 0.2) is 28.9 Å². The van der Waals surface area contributed by atoms with E-state index in [1.54, 1.807) is 23.0 Å². The van der Waals surface area contributed by atoms with Gasteiger partial charge in [-0.05, 0) is 34.5 Å². The molecule has 2 N–H and O–H groups in total. The van der Waals surface area contributed by atoms with Crippen LogP contribution in [0.3, 0.4) is 0 Å². The molecule has 9 heteroatoms. The standard InChI is InChI=1S/C12H14BrN5O3/c13-11-6-9(2-3-12(11)18(20)21)14-7-10-8-17(16-15-10)4-1-5-19/h2-3,6,8,14,19H,1,4-5,7H2. The number of anilines is 1. The first-order valence-electron chi connectivity index (χ1n) is 6.28. The summed E-state index contributed by atoms with van der Waals surface area (Å²) >= 11 is 3.17. The minimum absolute atomic E-state index is 0.0236. The van der Waals surface area contributed by atoms with Crippen LogP contribution in [0, 0.1) is 10.1 Å². The van der Waals surface area contributed by atoms with Gasteiger partial charge in [0.2, 0.25) is 0 Å². The van der Waals surface area contributed by atoms with Crippen LogP contribution in [0.2, 0.25) is 0 Å². The largest absolute Gasteiger partial charge is 0.396 e. The van der Waals surface area contributed by atoms with Crippen molar-refractivity contribution < 1.29 is 10.0 Å². The molecule has 0 aliphatic carbocycles. The Bertz CT molecular complexity index is 631. The molecule has 0 radical (unpaired) electrons. The highest BCUT2D eigenvalue weighted by atomic mass is 79.9. The van der Waals surface area contributed by atoms with Crippen LogP contribution in [0.1, 0.15) is 12.1 Å². The fraction of sp³-hybridized carbons (Fsp3) is 0.333. The molecule has 0 fully saturated rings. The summed E-state index contributed by atoms with van der Waals surface area (Å²) in [5, 5.41) is 30.5. The summed E-state index contributed by atoms with van der Waals surface area (Å²) in [6.45, 7) is 1.19. The van der Waals surface area contributed by atoms with Crippen molar-refractivity contribution in [3.63, 3.8) is 0 Å². The number of halogens is 1. The van der Waals surface area contributed by atoms with E-state index >= 15 is 0 Å². The number of aliphatic hydroxyl groups excluding tert-OH is 1. The second-order valence-corrected chi connectivity index (χ2v) is 5.18. The molecule has 2 rings (SSSR count). The Morgan fingerprint density at radius 3 is 2.95 bits per heavy atom. The monoisotopic (exact) mass is 355 g/mol. The topological polar surface area (TPSA) is 106 Å². The first kappa shape index (κ1) is 15.4. The van der Waals surface area contributed by atoms with Gasteiger partial charge in [0, 0.05) is 24.9 Å². The number of nitro groups is 1. The second kappa shape index (κ2) is 7.14. The number of nitro benzene ring substituents is 1.